The minimum atomic E-state index is 0.288. The zero-order chi connectivity index (χ0) is 15.4. The maximum Gasteiger partial charge on any atom is 0.120 e. The number of nitrogens with zero attached hydrogens (tertiary/aromatic N) is 2. The largest absolute Gasteiger partial charge is 0.508 e. The van der Waals surface area contributed by atoms with Gasteiger partial charge in [-0.1, -0.05) is 6.42 Å². The normalized spacial score (nSPS) is 21.1. The number of likely N-dealkylation sites (tertiary alicyclic amines) is 1. The molecule has 0 spiro atoms. The van der Waals surface area contributed by atoms with Crippen LogP contribution in [0.15, 0.2) is 12.1 Å². The monoisotopic (exact) mass is 306 g/mol. The van der Waals surface area contributed by atoms with Crippen molar-refractivity contribution in [1.82, 2.24) is 9.80 Å². The average molecular weight is 306 g/mol. The lowest BCUT2D eigenvalue weighted by atomic mass is 10.1. The Kier molecular flexibility index (Phi) is 5.18. The summed E-state index contributed by atoms with van der Waals surface area (Å²) < 4.78 is 5.34. The maximum atomic E-state index is 10.3. The molecule has 0 amide bonds. The first-order valence-corrected chi connectivity index (χ1v) is 8.28. The minimum Gasteiger partial charge on any atom is -0.508 e. The van der Waals surface area contributed by atoms with Crippen LogP contribution < -0.4 is 0 Å². The van der Waals surface area contributed by atoms with Crippen molar-refractivity contribution >= 4 is 0 Å². The van der Waals surface area contributed by atoms with Gasteiger partial charge in [0.15, 0.2) is 0 Å². The summed E-state index contributed by atoms with van der Waals surface area (Å²) in [5.74, 6) is 0.586. The molecule has 0 bridgehead atoms. The highest BCUT2D eigenvalue weighted by Crippen LogP contribution is 2.30. The fourth-order valence-corrected chi connectivity index (χ4v) is 3.28. The number of benzene rings is 1. The lowest BCUT2D eigenvalue weighted by molar-refractivity contribution is 0.0338. The van der Waals surface area contributed by atoms with E-state index in [1.165, 1.54) is 19.3 Å². The van der Waals surface area contributed by atoms with E-state index in [9.17, 15) is 10.2 Å². The number of phenolic OH excluding ortho intramolecular Hbond substituents is 2. The zero-order valence-electron chi connectivity index (χ0n) is 13.1. The summed E-state index contributed by atoms with van der Waals surface area (Å²) in [5, 5.41) is 20.6. The second-order valence-corrected chi connectivity index (χ2v) is 6.33. The van der Waals surface area contributed by atoms with Gasteiger partial charge >= 0.3 is 0 Å². The van der Waals surface area contributed by atoms with Gasteiger partial charge in [-0.3, -0.25) is 9.80 Å². The van der Waals surface area contributed by atoms with Gasteiger partial charge in [-0.15, -0.1) is 0 Å². The number of piperidine rings is 1. The summed E-state index contributed by atoms with van der Waals surface area (Å²) in [6.45, 7) is 6.75. The lowest BCUT2D eigenvalue weighted by Gasteiger charge is -2.28. The molecule has 2 fully saturated rings. The molecule has 1 aromatic carbocycles. The summed E-state index contributed by atoms with van der Waals surface area (Å²) in [5.41, 5.74) is 1.62. The van der Waals surface area contributed by atoms with Gasteiger partial charge in [0.2, 0.25) is 0 Å². The van der Waals surface area contributed by atoms with Gasteiger partial charge in [-0.25, -0.2) is 0 Å². The lowest BCUT2D eigenvalue weighted by Crippen LogP contribution is -2.35. The number of hydrogen-bond donors (Lipinski definition) is 2. The second kappa shape index (κ2) is 7.31. The van der Waals surface area contributed by atoms with Crippen molar-refractivity contribution in [2.24, 2.45) is 0 Å². The summed E-state index contributed by atoms with van der Waals surface area (Å²) in [6, 6.07) is 3.46. The van der Waals surface area contributed by atoms with Crippen LogP contribution in [0.2, 0.25) is 0 Å². The van der Waals surface area contributed by atoms with Gasteiger partial charge in [0.25, 0.3) is 0 Å². The Labute approximate surface area is 132 Å². The Bertz CT molecular complexity index is 449. The van der Waals surface area contributed by atoms with Crippen LogP contribution in [0.25, 0.3) is 0 Å². The van der Waals surface area contributed by atoms with Crippen LogP contribution in [-0.2, 0) is 17.8 Å². The number of rotatable bonds is 4. The highest BCUT2D eigenvalue weighted by molar-refractivity contribution is 5.45. The molecule has 22 heavy (non-hydrogen) atoms. The van der Waals surface area contributed by atoms with E-state index in [-0.39, 0.29) is 5.75 Å². The van der Waals surface area contributed by atoms with Crippen LogP contribution in [0, 0.1) is 0 Å². The first-order valence-electron chi connectivity index (χ1n) is 8.28. The molecule has 0 radical (unpaired) electrons. The molecule has 0 aliphatic carbocycles. The molecule has 2 saturated heterocycles. The predicted molar refractivity (Wildman–Crippen MR) is 85.0 cm³/mol. The Morgan fingerprint density at radius 3 is 1.82 bits per heavy atom. The molecule has 0 atom stereocenters. The third-order valence-corrected chi connectivity index (χ3v) is 4.62. The van der Waals surface area contributed by atoms with E-state index in [1.807, 2.05) is 0 Å². The van der Waals surface area contributed by atoms with Gasteiger partial charge in [0, 0.05) is 37.3 Å². The first-order chi connectivity index (χ1) is 10.7. The van der Waals surface area contributed by atoms with Gasteiger partial charge in [-0.05, 0) is 38.1 Å². The van der Waals surface area contributed by atoms with Crippen LogP contribution >= 0.6 is 0 Å². The maximum absolute atomic E-state index is 10.3. The van der Waals surface area contributed by atoms with Crippen molar-refractivity contribution in [3.63, 3.8) is 0 Å². The highest BCUT2D eigenvalue weighted by Gasteiger charge is 2.17. The van der Waals surface area contributed by atoms with E-state index in [4.69, 9.17) is 4.74 Å². The Balaban J connectivity index is 1.67. The molecule has 0 unspecified atom stereocenters. The zero-order valence-corrected chi connectivity index (χ0v) is 13.1. The van der Waals surface area contributed by atoms with Crippen molar-refractivity contribution in [2.75, 3.05) is 39.4 Å². The van der Waals surface area contributed by atoms with E-state index >= 15 is 0 Å². The predicted octanol–water partition coefficient (Wildman–Crippen LogP) is 1.92. The summed E-state index contributed by atoms with van der Waals surface area (Å²) in [6.07, 6.45) is 3.75. The van der Waals surface area contributed by atoms with Crippen molar-refractivity contribution in [1.29, 1.82) is 0 Å². The second-order valence-electron chi connectivity index (χ2n) is 6.33. The standard InChI is InChI=1S/C17H26N2O3/c20-16-11-15(13-19-6-8-22-9-7-19)17(21)10-14(16)12-18-4-2-1-3-5-18/h10-11,20-21H,1-9,12-13H2. The Morgan fingerprint density at radius 1 is 0.773 bits per heavy atom. The van der Waals surface area contributed by atoms with E-state index in [1.54, 1.807) is 12.1 Å². The van der Waals surface area contributed by atoms with Crippen molar-refractivity contribution in [2.45, 2.75) is 32.4 Å². The molecule has 2 aliphatic heterocycles. The third kappa shape index (κ3) is 3.91. The Hall–Kier alpha value is -1.30. The molecule has 5 heteroatoms. The highest BCUT2D eigenvalue weighted by atomic mass is 16.5. The number of hydrogen-bond acceptors (Lipinski definition) is 5. The summed E-state index contributed by atoms with van der Waals surface area (Å²) >= 11 is 0. The number of phenols is 2. The summed E-state index contributed by atoms with van der Waals surface area (Å²) in [4.78, 5) is 4.59. The molecule has 2 N–H and O–H groups in total. The van der Waals surface area contributed by atoms with Crippen LogP contribution in [0.1, 0.15) is 30.4 Å². The van der Waals surface area contributed by atoms with E-state index in [0.717, 1.165) is 57.1 Å². The van der Waals surface area contributed by atoms with Crippen LogP contribution in [0.3, 0.4) is 0 Å². The van der Waals surface area contributed by atoms with Gasteiger partial charge in [0.1, 0.15) is 11.5 Å². The van der Waals surface area contributed by atoms with Gasteiger partial charge < -0.3 is 14.9 Å². The quantitative estimate of drug-likeness (QED) is 0.832. The van der Waals surface area contributed by atoms with E-state index in [2.05, 4.69) is 9.80 Å². The molecule has 5 nitrogen and oxygen atoms in total. The molecule has 0 aromatic heterocycles. The van der Waals surface area contributed by atoms with Crippen molar-refractivity contribution in [3.05, 3.63) is 23.3 Å². The van der Waals surface area contributed by atoms with Gasteiger partial charge in [-0.2, -0.15) is 0 Å². The van der Waals surface area contributed by atoms with Crippen LogP contribution in [-0.4, -0.2) is 59.4 Å². The molecule has 1 aromatic rings. The smallest absolute Gasteiger partial charge is 0.120 e. The average Bonchev–Trinajstić information content (AvgIpc) is 2.54. The van der Waals surface area contributed by atoms with Crippen LogP contribution in [0.4, 0.5) is 0 Å². The van der Waals surface area contributed by atoms with Gasteiger partial charge in [0.05, 0.1) is 13.2 Å². The van der Waals surface area contributed by atoms with Crippen molar-refractivity contribution < 1.29 is 14.9 Å². The third-order valence-electron chi connectivity index (χ3n) is 4.62. The summed E-state index contributed by atoms with van der Waals surface area (Å²) in [7, 11) is 0. The fraction of sp³-hybridized carbons (Fsp3) is 0.647. The minimum absolute atomic E-state index is 0.288. The molecular formula is C17H26N2O3. The fourth-order valence-electron chi connectivity index (χ4n) is 3.28. The molecular weight excluding hydrogens is 280 g/mol. The van der Waals surface area contributed by atoms with E-state index in [0.29, 0.717) is 12.3 Å². The topological polar surface area (TPSA) is 56.2 Å². The number of morpholine rings is 1. The van der Waals surface area contributed by atoms with E-state index < -0.39 is 0 Å². The first kappa shape index (κ1) is 15.6. The van der Waals surface area contributed by atoms with Crippen LogP contribution in [0.5, 0.6) is 11.5 Å². The number of ether oxygens (including phenoxy) is 1. The Morgan fingerprint density at radius 2 is 1.27 bits per heavy atom. The molecule has 3 rings (SSSR count). The molecule has 0 saturated carbocycles. The molecule has 2 aliphatic rings. The van der Waals surface area contributed by atoms with Crippen molar-refractivity contribution in [3.8, 4) is 11.5 Å². The SMILES string of the molecule is Oc1cc(CN2CCOCC2)c(O)cc1CN1CCCCC1. The molecule has 2 heterocycles. The number of aromatic hydroxyl groups is 2. The molecule has 122 valence electrons.